The van der Waals surface area contributed by atoms with Gasteiger partial charge >= 0.3 is 0 Å². The molecule has 3 nitrogen and oxygen atoms in total. The minimum Gasteiger partial charge on any atom is -0.439 e. The third kappa shape index (κ3) is 2.58. The molecule has 0 aliphatic carbocycles. The van der Waals surface area contributed by atoms with Crippen LogP contribution in [0.25, 0.3) is 0 Å². The summed E-state index contributed by atoms with van der Waals surface area (Å²) < 4.78 is 5.55. The Bertz CT molecular complexity index is 454. The summed E-state index contributed by atoms with van der Waals surface area (Å²) in [5.74, 6) is 1.22. The molecule has 1 N–H and O–H groups in total. The molecule has 16 heavy (non-hydrogen) atoms. The number of aromatic nitrogens is 1. The van der Waals surface area contributed by atoms with E-state index in [9.17, 15) is 5.11 Å². The fourth-order valence-electron chi connectivity index (χ4n) is 1.35. The molecule has 0 amide bonds. The molecule has 2 aromatic rings. The average molecular weight is 215 g/mol. The van der Waals surface area contributed by atoms with Crippen LogP contribution in [0.5, 0.6) is 11.6 Å². The molecule has 0 aliphatic rings. The van der Waals surface area contributed by atoms with Crippen molar-refractivity contribution in [1.29, 1.82) is 0 Å². The first kappa shape index (κ1) is 10.6. The van der Waals surface area contributed by atoms with Gasteiger partial charge in [0, 0.05) is 12.3 Å². The van der Waals surface area contributed by atoms with Crippen LogP contribution in [0.15, 0.2) is 48.7 Å². The quantitative estimate of drug-likeness (QED) is 0.855. The summed E-state index contributed by atoms with van der Waals surface area (Å²) in [5.41, 5.74) is 0.793. The van der Waals surface area contributed by atoms with Crippen molar-refractivity contribution >= 4 is 0 Å². The van der Waals surface area contributed by atoms with Crippen LogP contribution in [0.4, 0.5) is 0 Å². The lowest BCUT2D eigenvalue weighted by Gasteiger charge is -2.07. The van der Waals surface area contributed by atoms with Gasteiger partial charge in [-0.15, -0.1) is 0 Å². The molecule has 0 unspecified atom stereocenters. The van der Waals surface area contributed by atoms with Gasteiger partial charge in [0.2, 0.25) is 5.88 Å². The highest BCUT2D eigenvalue weighted by atomic mass is 16.5. The number of para-hydroxylation sites is 1. The van der Waals surface area contributed by atoms with Gasteiger partial charge in [0.05, 0.1) is 6.10 Å². The summed E-state index contributed by atoms with van der Waals surface area (Å²) in [6.07, 6.45) is 1.11. The molecular weight excluding hydrogens is 202 g/mol. The zero-order chi connectivity index (χ0) is 11.4. The zero-order valence-electron chi connectivity index (χ0n) is 9.00. The monoisotopic (exact) mass is 215 g/mol. The Morgan fingerprint density at radius 2 is 1.94 bits per heavy atom. The van der Waals surface area contributed by atoms with E-state index >= 15 is 0 Å². The highest BCUT2D eigenvalue weighted by molar-refractivity contribution is 5.29. The van der Waals surface area contributed by atoms with Crippen molar-refractivity contribution in [2.75, 3.05) is 0 Å². The molecule has 0 bridgehead atoms. The standard InChI is InChI=1S/C13H13NO2/c1-10(15)11-7-8-14-13(9-11)16-12-5-3-2-4-6-12/h2-10,15H,1H3/t10-/m0/s1. The van der Waals surface area contributed by atoms with Gasteiger partial charge in [-0.25, -0.2) is 4.98 Å². The normalized spacial score (nSPS) is 12.1. The van der Waals surface area contributed by atoms with Crippen molar-refractivity contribution < 1.29 is 9.84 Å². The van der Waals surface area contributed by atoms with Crippen molar-refractivity contribution in [3.63, 3.8) is 0 Å². The van der Waals surface area contributed by atoms with Crippen LogP contribution in [-0.4, -0.2) is 10.1 Å². The van der Waals surface area contributed by atoms with Gasteiger partial charge in [-0.3, -0.25) is 0 Å². The summed E-state index contributed by atoms with van der Waals surface area (Å²) in [6, 6.07) is 12.9. The molecule has 1 atom stereocenters. The largest absolute Gasteiger partial charge is 0.439 e. The van der Waals surface area contributed by atoms with E-state index in [-0.39, 0.29) is 0 Å². The Morgan fingerprint density at radius 3 is 2.62 bits per heavy atom. The molecule has 82 valence electrons. The SMILES string of the molecule is C[C@H](O)c1ccnc(Oc2ccccc2)c1. The average Bonchev–Trinajstić information content (AvgIpc) is 2.30. The molecule has 2 rings (SSSR count). The lowest BCUT2D eigenvalue weighted by Crippen LogP contribution is -1.93. The number of hydrogen-bond acceptors (Lipinski definition) is 3. The second-order valence-corrected chi connectivity index (χ2v) is 3.52. The van der Waals surface area contributed by atoms with E-state index in [1.165, 1.54) is 0 Å². The smallest absolute Gasteiger partial charge is 0.219 e. The number of aliphatic hydroxyl groups is 1. The van der Waals surface area contributed by atoms with Gasteiger partial charge in [0.25, 0.3) is 0 Å². The Kier molecular flexibility index (Phi) is 3.17. The molecule has 0 saturated heterocycles. The van der Waals surface area contributed by atoms with Gasteiger partial charge < -0.3 is 9.84 Å². The number of hydrogen-bond donors (Lipinski definition) is 1. The third-order valence-corrected chi connectivity index (χ3v) is 2.21. The fraction of sp³-hybridized carbons (Fsp3) is 0.154. The lowest BCUT2D eigenvalue weighted by molar-refractivity contribution is 0.198. The van der Waals surface area contributed by atoms with Crippen molar-refractivity contribution in [1.82, 2.24) is 4.98 Å². The Labute approximate surface area is 94.3 Å². The number of aliphatic hydroxyl groups excluding tert-OH is 1. The molecule has 1 heterocycles. The zero-order valence-corrected chi connectivity index (χ0v) is 9.00. The second kappa shape index (κ2) is 4.77. The topological polar surface area (TPSA) is 42.4 Å². The summed E-state index contributed by atoms with van der Waals surface area (Å²) in [4.78, 5) is 4.08. The van der Waals surface area contributed by atoms with Crippen LogP contribution in [0.1, 0.15) is 18.6 Å². The Hall–Kier alpha value is -1.87. The maximum absolute atomic E-state index is 9.43. The van der Waals surface area contributed by atoms with E-state index < -0.39 is 6.10 Å². The number of nitrogens with zero attached hydrogens (tertiary/aromatic N) is 1. The van der Waals surface area contributed by atoms with Gasteiger partial charge in [-0.2, -0.15) is 0 Å². The van der Waals surface area contributed by atoms with E-state index in [0.717, 1.165) is 11.3 Å². The van der Waals surface area contributed by atoms with E-state index in [1.807, 2.05) is 30.3 Å². The van der Waals surface area contributed by atoms with Crippen LogP contribution in [0, 0.1) is 0 Å². The minimum atomic E-state index is -0.513. The summed E-state index contributed by atoms with van der Waals surface area (Å²) >= 11 is 0. The Balaban J connectivity index is 2.19. The van der Waals surface area contributed by atoms with Crippen LogP contribution in [-0.2, 0) is 0 Å². The number of pyridine rings is 1. The predicted octanol–water partition coefficient (Wildman–Crippen LogP) is 2.93. The second-order valence-electron chi connectivity index (χ2n) is 3.52. The van der Waals surface area contributed by atoms with Gasteiger partial charge in [0.15, 0.2) is 0 Å². The number of rotatable bonds is 3. The van der Waals surface area contributed by atoms with Gasteiger partial charge in [0.1, 0.15) is 5.75 Å². The van der Waals surface area contributed by atoms with E-state index in [2.05, 4.69) is 4.98 Å². The number of benzene rings is 1. The van der Waals surface area contributed by atoms with Gasteiger partial charge in [-0.05, 0) is 30.7 Å². The lowest BCUT2D eigenvalue weighted by atomic mass is 10.2. The molecule has 0 saturated carbocycles. The molecule has 3 heteroatoms. The molecule has 0 radical (unpaired) electrons. The minimum absolute atomic E-state index is 0.490. The van der Waals surface area contributed by atoms with Crippen molar-refractivity contribution in [3.8, 4) is 11.6 Å². The highest BCUT2D eigenvalue weighted by Gasteiger charge is 2.03. The molecule has 1 aromatic heterocycles. The first-order chi connectivity index (χ1) is 7.75. The van der Waals surface area contributed by atoms with Crippen LogP contribution in [0.2, 0.25) is 0 Å². The highest BCUT2D eigenvalue weighted by Crippen LogP contribution is 2.21. The Morgan fingerprint density at radius 1 is 1.19 bits per heavy atom. The summed E-state index contributed by atoms with van der Waals surface area (Å²) in [6.45, 7) is 1.71. The maximum Gasteiger partial charge on any atom is 0.219 e. The van der Waals surface area contributed by atoms with Crippen molar-refractivity contribution in [3.05, 3.63) is 54.2 Å². The molecular formula is C13H13NO2. The van der Waals surface area contributed by atoms with Crippen LogP contribution >= 0.6 is 0 Å². The molecule has 0 fully saturated rings. The van der Waals surface area contributed by atoms with E-state index in [0.29, 0.717) is 5.88 Å². The van der Waals surface area contributed by atoms with Crippen LogP contribution < -0.4 is 4.74 Å². The van der Waals surface area contributed by atoms with Crippen LogP contribution in [0.3, 0.4) is 0 Å². The summed E-state index contributed by atoms with van der Waals surface area (Å²) in [5, 5.41) is 9.43. The fourth-order valence-corrected chi connectivity index (χ4v) is 1.35. The predicted molar refractivity (Wildman–Crippen MR) is 61.4 cm³/mol. The molecule has 0 aliphatic heterocycles. The van der Waals surface area contributed by atoms with E-state index in [1.54, 1.807) is 25.3 Å². The first-order valence-corrected chi connectivity index (χ1v) is 5.12. The molecule has 1 aromatic carbocycles. The van der Waals surface area contributed by atoms with Crippen molar-refractivity contribution in [2.45, 2.75) is 13.0 Å². The maximum atomic E-state index is 9.43. The van der Waals surface area contributed by atoms with E-state index in [4.69, 9.17) is 4.74 Å². The first-order valence-electron chi connectivity index (χ1n) is 5.12. The summed E-state index contributed by atoms with van der Waals surface area (Å²) in [7, 11) is 0. The molecule has 0 spiro atoms. The third-order valence-electron chi connectivity index (χ3n) is 2.21. The van der Waals surface area contributed by atoms with Gasteiger partial charge in [-0.1, -0.05) is 18.2 Å². The van der Waals surface area contributed by atoms with Crippen molar-refractivity contribution in [2.24, 2.45) is 0 Å². The number of ether oxygens (including phenoxy) is 1.